The van der Waals surface area contributed by atoms with Gasteiger partial charge in [-0.25, -0.2) is 4.98 Å². The molecule has 0 aliphatic carbocycles. The van der Waals surface area contributed by atoms with Crippen molar-refractivity contribution in [3.63, 3.8) is 0 Å². The summed E-state index contributed by atoms with van der Waals surface area (Å²) >= 11 is 0. The van der Waals surface area contributed by atoms with Crippen LogP contribution in [0, 0.1) is 11.3 Å². The molecule has 1 aliphatic rings. The Morgan fingerprint density at radius 3 is 2.71 bits per heavy atom. The zero-order valence-corrected chi connectivity index (χ0v) is 8.11. The largest absolute Gasteiger partial charge is 0.357 e. The minimum Gasteiger partial charge on any atom is -0.357 e. The number of anilines is 1. The zero-order valence-electron chi connectivity index (χ0n) is 8.11. The highest BCUT2D eigenvalue weighted by atomic mass is 15.2. The molecule has 1 saturated heterocycles. The molecule has 0 amide bonds. The van der Waals surface area contributed by atoms with E-state index in [1.165, 1.54) is 12.8 Å². The first-order valence-corrected chi connectivity index (χ1v) is 4.97. The van der Waals surface area contributed by atoms with Gasteiger partial charge in [-0.15, -0.1) is 0 Å². The van der Waals surface area contributed by atoms with Gasteiger partial charge < -0.3 is 4.90 Å². The predicted octanol–water partition coefficient (Wildman–Crippen LogP) is 1.75. The number of nitriles is 1. The first-order chi connectivity index (χ1) is 6.90. The van der Waals surface area contributed by atoms with Crippen molar-refractivity contribution in [3.8, 4) is 6.07 Å². The van der Waals surface area contributed by atoms with Crippen molar-refractivity contribution in [2.45, 2.75) is 19.3 Å². The second-order valence-corrected chi connectivity index (χ2v) is 3.55. The van der Waals surface area contributed by atoms with Gasteiger partial charge in [0.2, 0.25) is 0 Å². The summed E-state index contributed by atoms with van der Waals surface area (Å²) in [6.45, 7) is 2.23. The Morgan fingerprint density at radius 2 is 2.14 bits per heavy atom. The van der Waals surface area contributed by atoms with Crippen LogP contribution in [0.25, 0.3) is 0 Å². The Balaban J connectivity index is 2.09. The predicted molar refractivity (Wildman–Crippen MR) is 55.0 cm³/mol. The fourth-order valence-electron chi connectivity index (χ4n) is 1.75. The van der Waals surface area contributed by atoms with E-state index in [1.54, 1.807) is 6.20 Å². The molecule has 0 spiro atoms. The maximum absolute atomic E-state index is 8.51. The minimum atomic E-state index is 0.452. The highest BCUT2D eigenvalue weighted by molar-refractivity contribution is 5.40. The molecule has 0 unspecified atom stereocenters. The number of aromatic nitrogens is 1. The lowest BCUT2D eigenvalue weighted by molar-refractivity contribution is 0.934. The van der Waals surface area contributed by atoms with Gasteiger partial charge in [0.25, 0.3) is 0 Å². The molecule has 0 radical (unpaired) electrons. The Labute approximate surface area is 84.0 Å². The molecule has 14 heavy (non-hydrogen) atoms. The van der Waals surface area contributed by atoms with Gasteiger partial charge in [0, 0.05) is 19.3 Å². The normalized spacial score (nSPS) is 15.5. The highest BCUT2D eigenvalue weighted by Gasteiger charge is 2.12. The fourth-order valence-corrected chi connectivity index (χ4v) is 1.75. The van der Waals surface area contributed by atoms with Crippen LogP contribution in [0.1, 0.15) is 18.4 Å². The second kappa shape index (κ2) is 4.10. The number of hydrogen-bond acceptors (Lipinski definition) is 3. The highest BCUT2D eigenvalue weighted by Crippen LogP contribution is 2.17. The summed E-state index contributed by atoms with van der Waals surface area (Å²) in [4.78, 5) is 6.64. The molecular formula is C11H13N3. The third kappa shape index (κ3) is 1.85. The molecule has 1 fully saturated rings. The average Bonchev–Trinajstić information content (AvgIpc) is 2.72. The summed E-state index contributed by atoms with van der Waals surface area (Å²) in [5, 5.41) is 8.51. The molecule has 2 heterocycles. The van der Waals surface area contributed by atoms with Crippen LogP contribution in [0.15, 0.2) is 18.3 Å². The third-order valence-electron chi connectivity index (χ3n) is 2.52. The van der Waals surface area contributed by atoms with Crippen molar-refractivity contribution >= 4 is 5.82 Å². The van der Waals surface area contributed by atoms with Crippen LogP contribution in [-0.4, -0.2) is 18.1 Å². The Hall–Kier alpha value is -1.56. The molecule has 0 aromatic carbocycles. The van der Waals surface area contributed by atoms with Crippen LogP contribution in [0.2, 0.25) is 0 Å². The maximum atomic E-state index is 8.51. The van der Waals surface area contributed by atoms with Crippen molar-refractivity contribution in [1.29, 1.82) is 5.26 Å². The fraction of sp³-hybridized carbons (Fsp3) is 0.455. The van der Waals surface area contributed by atoms with E-state index in [0.717, 1.165) is 24.5 Å². The summed E-state index contributed by atoms with van der Waals surface area (Å²) in [5.74, 6) is 1.05. The number of pyridine rings is 1. The van der Waals surface area contributed by atoms with Crippen molar-refractivity contribution < 1.29 is 0 Å². The van der Waals surface area contributed by atoms with Crippen LogP contribution in [0.5, 0.6) is 0 Å². The van der Waals surface area contributed by atoms with E-state index in [2.05, 4.69) is 16.0 Å². The van der Waals surface area contributed by atoms with E-state index in [0.29, 0.717) is 6.42 Å². The van der Waals surface area contributed by atoms with Gasteiger partial charge in [0.05, 0.1) is 12.5 Å². The molecule has 3 nitrogen and oxygen atoms in total. The summed E-state index contributed by atoms with van der Waals surface area (Å²) in [5.41, 5.74) is 0.996. The molecule has 0 atom stereocenters. The zero-order chi connectivity index (χ0) is 9.80. The lowest BCUT2D eigenvalue weighted by Gasteiger charge is -2.15. The summed E-state index contributed by atoms with van der Waals surface area (Å²) in [6.07, 6.45) is 4.79. The third-order valence-corrected chi connectivity index (χ3v) is 2.52. The summed E-state index contributed by atoms with van der Waals surface area (Å²) in [7, 11) is 0. The minimum absolute atomic E-state index is 0.452. The first kappa shape index (κ1) is 9.01. The van der Waals surface area contributed by atoms with Gasteiger partial charge in [0.15, 0.2) is 0 Å². The monoisotopic (exact) mass is 187 g/mol. The second-order valence-electron chi connectivity index (χ2n) is 3.55. The van der Waals surface area contributed by atoms with Gasteiger partial charge in [0.1, 0.15) is 5.82 Å². The molecule has 0 bridgehead atoms. The smallest absolute Gasteiger partial charge is 0.128 e. The Kier molecular flexibility index (Phi) is 2.64. The van der Waals surface area contributed by atoms with Crippen molar-refractivity contribution in [2.75, 3.05) is 18.0 Å². The van der Waals surface area contributed by atoms with Gasteiger partial charge in [-0.3, -0.25) is 0 Å². The molecule has 0 saturated carbocycles. The van der Waals surface area contributed by atoms with E-state index in [1.807, 2.05) is 12.1 Å². The van der Waals surface area contributed by atoms with Gasteiger partial charge in [-0.1, -0.05) is 6.07 Å². The van der Waals surface area contributed by atoms with E-state index in [4.69, 9.17) is 5.26 Å². The van der Waals surface area contributed by atoms with Crippen LogP contribution in [-0.2, 0) is 6.42 Å². The maximum Gasteiger partial charge on any atom is 0.128 e. The molecular weight excluding hydrogens is 174 g/mol. The molecule has 2 rings (SSSR count). The summed E-state index contributed by atoms with van der Waals surface area (Å²) in [6, 6.07) is 6.12. The van der Waals surface area contributed by atoms with Crippen molar-refractivity contribution in [1.82, 2.24) is 4.98 Å². The number of rotatable bonds is 2. The van der Waals surface area contributed by atoms with Gasteiger partial charge in [-0.05, 0) is 24.5 Å². The van der Waals surface area contributed by atoms with Gasteiger partial charge >= 0.3 is 0 Å². The van der Waals surface area contributed by atoms with E-state index in [9.17, 15) is 0 Å². The van der Waals surface area contributed by atoms with E-state index < -0.39 is 0 Å². The number of hydrogen-bond donors (Lipinski definition) is 0. The van der Waals surface area contributed by atoms with Crippen LogP contribution < -0.4 is 4.90 Å². The summed E-state index contributed by atoms with van der Waals surface area (Å²) < 4.78 is 0. The van der Waals surface area contributed by atoms with Crippen LogP contribution >= 0.6 is 0 Å². The molecule has 1 aliphatic heterocycles. The van der Waals surface area contributed by atoms with Gasteiger partial charge in [-0.2, -0.15) is 5.26 Å². The van der Waals surface area contributed by atoms with E-state index in [-0.39, 0.29) is 0 Å². The van der Waals surface area contributed by atoms with E-state index >= 15 is 0 Å². The SMILES string of the molecule is N#CCc1ccc(N2CCCC2)nc1. The molecule has 1 aromatic rings. The number of nitrogens with zero attached hydrogens (tertiary/aromatic N) is 3. The Morgan fingerprint density at radius 1 is 1.36 bits per heavy atom. The molecule has 3 heteroatoms. The van der Waals surface area contributed by atoms with Crippen LogP contribution in [0.4, 0.5) is 5.82 Å². The quantitative estimate of drug-likeness (QED) is 0.708. The molecule has 1 aromatic heterocycles. The van der Waals surface area contributed by atoms with Crippen LogP contribution in [0.3, 0.4) is 0 Å². The molecule has 72 valence electrons. The average molecular weight is 187 g/mol. The topological polar surface area (TPSA) is 39.9 Å². The standard InChI is InChI=1S/C11H13N3/c12-6-5-10-3-4-11(13-9-10)14-7-1-2-8-14/h3-4,9H,1-2,5,7-8H2. The van der Waals surface area contributed by atoms with Crippen molar-refractivity contribution in [3.05, 3.63) is 23.9 Å². The van der Waals surface area contributed by atoms with Crippen molar-refractivity contribution in [2.24, 2.45) is 0 Å². The Bertz CT molecular complexity index is 331. The lowest BCUT2D eigenvalue weighted by atomic mass is 10.2. The lowest BCUT2D eigenvalue weighted by Crippen LogP contribution is -2.18. The molecule has 0 N–H and O–H groups in total. The first-order valence-electron chi connectivity index (χ1n) is 4.97.